The van der Waals surface area contributed by atoms with Crippen LogP contribution in [0.5, 0.6) is 5.75 Å². The van der Waals surface area contributed by atoms with E-state index in [1.807, 2.05) is 12.1 Å². The number of ether oxygens (including phenoxy) is 1. The fraction of sp³-hybridized carbons (Fsp3) is 0.0492. The number of fused-ring (bicyclic) bond motifs is 8. The maximum Gasteiger partial charge on any atom is 0.119 e. The second kappa shape index (κ2) is 15.0. The van der Waals surface area contributed by atoms with Crippen LogP contribution in [0.4, 0.5) is 17.1 Å². The lowest BCUT2D eigenvalue weighted by Crippen LogP contribution is -2.28. The largest absolute Gasteiger partial charge is 0.497 e. The fourth-order valence-corrected chi connectivity index (χ4v) is 10.6. The highest BCUT2D eigenvalue weighted by molar-refractivity contribution is 6.24. The highest BCUT2D eigenvalue weighted by atomic mass is 16.5. The molecule has 1 heterocycles. The molecule has 0 atom stereocenters. The third kappa shape index (κ3) is 5.74. The number of benzene rings is 10. The van der Waals surface area contributed by atoms with Gasteiger partial charge in [-0.05, 0) is 135 Å². The molecular weight excluding hydrogens is 777 g/mol. The van der Waals surface area contributed by atoms with E-state index in [0.717, 1.165) is 34.1 Å². The third-order valence-corrected chi connectivity index (χ3v) is 13.4. The molecule has 0 unspecified atom stereocenters. The highest BCUT2D eigenvalue weighted by Crippen LogP contribution is 2.57. The molecule has 64 heavy (non-hydrogen) atoms. The summed E-state index contributed by atoms with van der Waals surface area (Å²) >= 11 is 0. The summed E-state index contributed by atoms with van der Waals surface area (Å²) in [5, 5.41) is 4.95. The van der Waals surface area contributed by atoms with Crippen molar-refractivity contribution in [3.05, 3.63) is 258 Å². The summed E-state index contributed by atoms with van der Waals surface area (Å²) in [6.45, 7) is 2.13. The molecule has 0 saturated heterocycles. The standard InChI is InChI=1S/C61H44N2O/c1-41-28-30-45(31-29-41)62(46-32-35-49(64-2)36-33-46)47-21-15-16-42(38-47)55-40-59-60(53-24-10-9-22-50(53)55)54-25-12-14-27-58(54)63(59)48-34-37-52-51-23-11-13-26-56(51)61(57(52)39-48,43-17-5-3-6-18-43)44-19-7-4-8-20-44/h3-40H,1-2H3. The minimum atomic E-state index is -0.505. The van der Waals surface area contributed by atoms with Crippen LogP contribution in [0.25, 0.3) is 60.5 Å². The first-order valence-electron chi connectivity index (χ1n) is 22.0. The van der Waals surface area contributed by atoms with Crippen LogP contribution < -0.4 is 9.64 Å². The molecule has 11 aromatic rings. The van der Waals surface area contributed by atoms with Crippen LogP contribution in [0.3, 0.4) is 0 Å². The summed E-state index contributed by atoms with van der Waals surface area (Å²) in [5.41, 5.74) is 17.4. The number of anilines is 3. The number of hydrogen-bond donors (Lipinski definition) is 0. The Morgan fingerprint density at radius 2 is 1.03 bits per heavy atom. The van der Waals surface area contributed by atoms with Crippen molar-refractivity contribution in [1.29, 1.82) is 0 Å². The van der Waals surface area contributed by atoms with E-state index < -0.39 is 5.41 Å². The monoisotopic (exact) mass is 820 g/mol. The molecule has 0 spiro atoms. The summed E-state index contributed by atoms with van der Waals surface area (Å²) in [4.78, 5) is 2.33. The second-order valence-electron chi connectivity index (χ2n) is 16.9. The summed E-state index contributed by atoms with van der Waals surface area (Å²) in [5.74, 6) is 0.829. The Bertz CT molecular complexity index is 3490. The van der Waals surface area contributed by atoms with Gasteiger partial charge in [-0.3, -0.25) is 0 Å². The van der Waals surface area contributed by atoms with Crippen molar-refractivity contribution in [3.63, 3.8) is 0 Å². The van der Waals surface area contributed by atoms with Crippen molar-refractivity contribution < 1.29 is 4.74 Å². The van der Waals surface area contributed by atoms with Gasteiger partial charge in [0.15, 0.2) is 0 Å². The van der Waals surface area contributed by atoms with E-state index >= 15 is 0 Å². The molecule has 304 valence electrons. The molecule has 0 bridgehead atoms. The Morgan fingerprint density at radius 1 is 0.422 bits per heavy atom. The van der Waals surface area contributed by atoms with Crippen LogP contribution in [0.15, 0.2) is 231 Å². The summed E-state index contributed by atoms with van der Waals surface area (Å²) in [6, 6.07) is 84.6. The maximum atomic E-state index is 5.56. The Kier molecular flexibility index (Phi) is 8.84. The normalized spacial score (nSPS) is 12.7. The molecule has 3 nitrogen and oxygen atoms in total. The Labute approximate surface area is 373 Å². The van der Waals surface area contributed by atoms with Crippen molar-refractivity contribution >= 4 is 49.6 Å². The van der Waals surface area contributed by atoms with E-state index in [0.29, 0.717) is 0 Å². The highest BCUT2D eigenvalue weighted by Gasteiger charge is 2.46. The molecule has 1 aromatic heterocycles. The van der Waals surface area contributed by atoms with E-state index in [-0.39, 0.29) is 0 Å². The lowest BCUT2D eigenvalue weighted by molar-refractivity contribution is 0.415. The van der Waals surface area contributed by atoms with Gasteiger partial charge in [-0.2, -0.15) is 0 Å². The number of hydrogen-bond acceptors (Lipinski definition) is 2. The molecule has 0 radical (unpaired) electrons. The topological polar surface area (TPSA) is 17.4 Å². The van der Waals surface area contributed by atoms with Gasteiger partial charge in [0.1, 0.15) is 5.75 Å². The van der Waals surface area contributed by atoms with Gasteiger partial charge >= 0.3 is 0 Å². The lowest BCUT2D eigenvalue weighted by atomic mass is 9.67. The van der Waals surface area contributed by atoms with E-state index in [1.54, 1.807) is 7.11 Å². The molecule has 1 aliphatic carbocycles. The van der Waals surface area contributed by atoms with Crippen LogP contribution in [-0.2, 0) is 5.41 Å². The average Bonchev–Trinajstić information content (AvgIpc) is 3.86. The molecule has 1 aliphatic rings. The van der Waals surface area contributed by atoms with E-state index in [9.17, 15) is 0 Å². The predicted octanol–water partition coefficient (Wildman–Crippen LogP) is 15.8. The maximum absolute atomic E-state index is 5.56. The van der Waals surface area contributed by atoms with Crippen molar-refractivity contribution in [2.24, 2.45) is 0 Å². The van der Waals surface area contributed by atoms with Gasteiger partial charge in [-0.15, -0.1) is 0 Å². The van der Waals surface area contributed by atoms with Gasteiger partial charge in [-0.25, -0.2) is 0 Å². The SMILES string of the molecule is COc1ccc(N(c2ccc(C)cc2)c2cccc(-c3cc4c(c5ccccc35)c3ccccc3n4-c3ccc4c(c3)C(c3ccccc3)(c3ccccc3)c3ccccc3-4)c2)cc1. The van der Waals surface area contributed by atoms with E-state index in [4.69, 9.17) is 4.74 Å². The molecule has 0 fully saturated rings. The zero-order chi connectivity index (χ0) is 42.8. The fourth-order valence-electron chi connectivity index (χ4n) is 10.6. The van der Waals surface area contributed by atoms with Crippen LogP contribution in [0, 0.1) is 6.92 Å². The number of para-hydroxylation sites is 1. The molecule has 12 rings (SSSR count). The van der Waals surface area contributed by atoms with Crippen molar-refractivity contribution in [2.75, 3.05) is 12.0 Å². The molecule has 0 saturated carbocycles. The van der Waals surface area contributed by atoms with Crippen LogP contribution >= 0.6 is 0 Å². The first-order chi connectivity index (χ1) is 31.6. The minimum Gasteiger partial charge on any atom is -0.497 e. The predicted molar refractivity (Wildman–Crippen MR) is 267 cm³/mol. The number of aromatic nitrogens is 1. The van der Waals surface area contributed by atoms with Crippen LogP contribution in [-0.4, -0.2) is 11.7 Å². The molecular formula is C61H44N2O. The van der Waals surface area contributed by atoms with Crippen molar-refractivity contribution in [3.8, 4) is 33.7 Å². The molecule has 0 N–H and O–H groups in total. The van der Waals surface area contributed by atoms with Gasteiger partial charge in [-0.1, -0.05) is 163 Å². The first-order valence-corrected chi connectivity index (χ1v) is 22.0. The zero-order valence-corrected chi connectivity index (χ0v) is 35.7. The molecule has 3 heteroatoms. The van der Waals surface area contributed by atoms with Gasteiger partial charge in [0.25, 0.3) is 0 Å². The van der Waals surface area contributed by atoms with Gasteiger partial charge in [0, 0.05) is 33.5 Å². The molecule has 0 amide bonds. The van der Waals surface area contributed by atoms with E-state index in [1.165, 1.54) is 77.1 Å². The summed E-state index contributed by atoms with van der Waals surface area (Å²) < 4.78 is 8.06. The number of rotatable bonds is 8. The number of aryl methyl sites for hydroxylation is 1. The lowest BCUT2D eigenvalue weighted by Gasteiger charge is -2.34. The van der Waals surface area contributed by atoms with E-state index in [2.05, 4.69) is 235 Å². The van der Waals surface area contributed by atoms with Gasteiger partial charge in [0.2, 0.25) is 0 Å². The quantitative estimate of drug-likeness (QED) is 0.152. The summed E-state index contributed by atoms with van der Waals surface area (Å²) in [6.07, 6.45) is 0. The third-order valence-electron chi connectivity index (χ3n) is 13.4. The molecule has 0 aliphatic heterocycles. The van der Waals surface area contributed by atoms with Crippen molar-refractivity contribution in [1.82, 2.24) is 4.57 Å². The Hall–Kier alpha value is -8.14. The smallest absolute Gasteiger partial charge is 0.119 e. The average molecular weight is 821 g/mol. The first kappa shape index (κ1) is 37.6. The van der Waals surface area contributed by atoms with Crippen LogP contribution in [0.2, 0.25) is 0 Å². The second-order valence-corrected chi connectivity index (χ2v) is 16.9. The van der Waals surface area contributed by atoms with Crippen molar-refractivity contribution in [2.45, 2.75) is 12.3 Å². The zero-order valence-electron chi connectivity index (χ0n) is 35.7. The molecule has 10 aromatic carbocycles. The van der Waals surface area contributed by atoms with Gasteiger partial charge in [0.05, 0.1) is 23.6 Å². The summed E-state index contributed by atoms with van der Waals surface area (Å²) in [7, 11) is 1.71. The Morgan fingerprint density at radius 3 is 1.75 bits per heavy atom. The van der Waals surface area contributed by atoms with Gasteiger partial charge < -0.3 is 14.2 Å². The number of nitrogens with zero attached hydrogens (tertiary/aromatic N) is 2. The minimum absolute atomic E-state index is 0.505. The number of methoxy groups -OCH3 is 1. The Balaban J connectivity index is 1.11. The van der Waals surface area contributed by atoms with Crippen LogP contribution in [0.1, 0.15) is 27.8 Å².